The summed E-state index contributed by atoms with van der Waals surface area (Å²) in [5.74, 6) is 0.115. The van der Waals surface area contributed by atoms with Crippen LogP contribution in [0.3, 0.4) is 0 Å². The molecule has 0 bridgehead atoms. The lowest BCUT2D eigenvalue weighted by atomic mass is 10.2. The molecule has 21 heavy (non-hydrogen) atoms. The molecule has 5 heteroatoms. The van der Waals surface area contributed by atoms with Crippen LogP contribution in [0, 0.1) is 5.82 Å². The Bertz CT molecular complexity index is 599. The number of carbonyl (C=O) groups is 1. The number of ether oxygens (including phenoxy) is 2. The maximum absolute atomic E-state index is 12.8. The predicted octanol–water partition coefficient (Wildman–Crippen LogP) is 2.99. The number of carbonyl (C=O) groups excluding carboxylic acids is 1. The third kappa shape index (κ3) is 4.89. The number of amides is 1. The molecule has 0 fully saturated rings. The Labute approximate surface area is 122 Å². The van der Waals surface area contributed by atoms with Gasteiger partial charge < -0.3 is 14.8 Å². The number of anilines is 1. The molecule has 0 radical (unpaired) electrons. The summed E-state index contributed by atoms with van der Waals surface area (Å²) in [5.41, 5.74) is 1.50. The van der Waals surface area contributed by atoms with Crippen molar-refractivity contribution in [3.8, 4) is 5.75 Å². The SMILES string of the molecule is COCC(=O)Nc1cccc(OCc2ccc(F)cc2)c1. The fraction of sp³-hybridized carbons (Fsp3) is 0.188. The number of rotatable bonds is 6. The summed E-state index contributed by atoms with van der Waals surface area (Å²) in [6.45, 7) is 0.330. The fourth-order valence-corrected chi connectivity index (χ4v) is 1.74. The highest BCUT2D eigenvalue weighted by Gasteiger charge is 2.03. The van der Waals surface area contributed by atoms with Crippen molar-refractivity contribution in [1.82, 2.24) is 0 Å². The zero-order chi connectivity index (χ0) is 15.1. The largest absolute Gasteiger partial charge is 0.489 e. The minimum absolute atomic E-state index is 0.000659. The Balaban J connectivity index is 1.94. The average molecular weight is 289 g/mol. The molecule has 0 saturated heterocycles. The predicted molar refractivity (Wildman–Crippen MR) is 77.7 cm³/mol. The maximum atomic E-state index is 12.8. The van der Waals surface area contributed by atoms with E-state index in [0.29, 0.717) is 18.0 Å². The van der Waals surface area contributed by atoms with Gasteiger partial charge in [-0.05, 0) is 29.8 Å². The first-order chi connectivity index (χ1) is 10.2. The first-order valence-electron chi connectivity index (χ1n) is 6.43. The van der Waals surface area contributed by atoms with Crippen molar-refractivity contribution in [3.63, 3.8) is 0 Å². The zero-order valence-corrected chi connectivity index (χ0v) is 11.6. The van der Waals surface area contributed by atoms with Gasteiger partial charge in [-0.1, -0.05) is 18.2 Å². The molecule has 2 aromatic carbocycles. The van der Waals surface area contributed by atoms with E-state index in [9.17, 15) is 9.18 Å². The number of halogens is 1. The second-order valence-electron chi connectivity index (χ2n) is 4.42. The number of nitrogens with one attached hydrogen (secondary N) is 1. The molecule has 0 aromatic heterocycles. The zero-order valence-electron chi connectivity index (χ0n) is 11.6. The summed E-state index contributed by atoms with van der Waals surface area (Å²) >= 11 is 0. The summed E-state index contributed by atoms with van der Waals surface area (Å²) in [4.78, 5) is 11.4. The van der Waals surface area contributed by atoms with Crippen molar-refractivity contribution < 1.29 is 18.7 Å². The molecule has 2 aromatic rings. The van der Waals surface area contributed by atoms with Crippen molar-refractivity contribution in [2.45, 2.75) is 6.61 Å². The van der Waals surface area contributed by atoms with E-state index in [0.717, 1.165) is 5.56 Å². The van der Waals surface area contributed by atoms with Crippen molar-refractivity contribution in [1.29, 1.82) is 0 Å². The van der Waals surface area contributed by atoms with Crippen LogP contribution in [0.1, 0.15) is 5.56 Å². The van der Waals surface area contributed by atoms with Gasteiger partial charge in [0.2, 0.25) is 5.91 Å². The number of methoxy groups -OCH3 is 1. The number of benzene rings is 2. The van der Waals surface area contributed by atoms with Crippen LogP contribution in [0.5, 0.6) is 5.75 Å². The van der Waals surface area contributed by atoms with Gasteiger partial charge in [-0.25, -0.2) is 4.39 Å². The van der Waals surface area contributed by atoms with Gasteiger partial charge in [0.15, 0.2) is 0 Å². The lowest BCUT2D eigenvalue weighted by Crippen LogP contribution is -2.17. The van der Waals surface area contributed by atoms with Gasteiger partial charge in [0.25, 0.3) is 0 Å². The topological polar surface area (TPSA) is 47.6 Å². The van der Waals surface area contributed by atoms with Gasteiger partial charge >= 0.3 is 0 Å². The van der Waals surface area contributed by atoms with Crippen molar-refractivity contribution in [3.05, 3.63) is 59.9 Å². The first-order valence-corrected chi connectivity index (χ1v) is 6.43. The van der Waals surface area contributed by atoms with E-state index in [2.05, 4.69) is 5.32 Å². The summed E-state index contributed by atoms with van der Waals surface area (Å²) in [6.07, 6.45) is 0. The molecular formula is C16H16FNO3. The highest BCUT2D eigenvalue weighted by molar-refractivity contribution is 5.91. The second-order valence-corrected chi connectivity index (χ2v) is 4.42. The molecule has 1 amide bonds. The van der Waals surface area contributed by atoms with Gasteiger partial charge in [0.1, 0.15) is 24.8 Å². The molecule has 0 atom stereocenters. The van der Waals surface area contributed by atoms with Gasteiger partial charge in [0.05, 0.1) is 0 Å². The monoisotopic (exact) mass is 289 g/mol. The van der Waals surface area contributed by atoms with E-state index >= 15 is 0 Å². The van der Waals surface area contributed by atoms with Crippen LogP contribution in [0.4, 0.5) is 10.1 Å². The lowest BCUT2D eigenvalue weighted by Gasteiger charge is -2.09. The Kier molecular flexibility index (Phi) is 5.29. The molecular weight excluding hydrogens is 273 g/mol. The van der Waals surface area contributed by atoms with Crippen LogP contribution in [0.15, 0.2) is 48.5 Å². The standard InChI is InChI=1S/C16H16FNO3/c1-20-11-16(19)18-14-3-2-4-15(9-14)21-10-12-5-7-13(17)8-6-12/h2-9H,10-11H2,1H3,(H,18,19). The third-order valence-electron chi connectivity index (χ3n) is 2.71. The normalized spacial score (nSPS) is 10.2. The van der Waals surface area contributed by atoms with Crippen LogP contribution in [0.25, 0.3) is 0 Å². The molecule has 0 unspecified atom stereocenters. The van der Waals surface area contributed by atoms with E-state index in [1.807, 2.05) is 0 Å². The molecule has 0 spiro atoms. The Morgan fingerprint density at radius 2 is 1.95 bits per heavy atom. The van der Waals surface area contributed by atoms with Crippen LogP contribution >= 0.6 is 0 Å². The van der Waals surface area contributed by atoms with Gasteiger partial charge in [-0.3, -0.25) is 4.79 Å². The minimum atomic E-state index is -0.276. The van der Waals surface area contributed by atoms with Gasteiger partial charge in [0, 0.05) is 18.9 Å². The highest BCUT2D eigenvalue weighted by Crippen LogP contribution is 2.18. The lowest BCUT2D eigenvalue weighted by molar-refractivity contribution is -0.119. The highest BCUT2D eigenvalue weighted by atomic mass is 19.1. The van der Waals surface area contributed by atoms with Crippen molar-refractivity contribution >= 4 is 11.6 Å². The Morgan fingerprint density at radius 3 is 2.67 bits per heavy atom. The van der Waals surface area contributed by atoms with Crippen LogP contribution in [-0.2, 0) is 16.1 Å². The summed E-state index contributed by atoms with van der Waals surface area (Å²) < 4.78 is 23.2. The van der Waals surface area contributed by atoms with E-state index in [1.54, 1.807) is 36.4 Å². The van der Waals surface area contributed by atoms with Crippen molar-refractivity contribution in [2.24, 2.45) is 0 Å². The third-order valence-corrected chi connectivity index (χ3v) is 2.71. The molecule has 0 heterocycles. The molecule has 4 nitrogen and oxygen atoms in total. The van der Waals surface area contributed by atoms with Gasteiger partial charge in [-0.15, -0.1) is 0 Å². The summed E-state index contributed by atoms with van der Waals surface area (Å²) in [5, 5.41) is 2.70. The molecule has 1 N–H and O–H groups in total. The first kappa shape index (κ1) is 15.0. The maximum Gasteiger partial charge on any atom is 0.250 e. The smallest absolute Gasteiger partial charge is 0.250 e. The van der Waals surface area contributed by atoms with E-state index in [-0.39, 0.29) is 18.3 Å². The molecule has 110 valence electrons. The fourth-order valence-electron chi connectivity index (χ4n) is 1.74. The van der Waals surface area contributed by atoms with Crippen LogP contribution < -0.4 is 10.1 Å². The quantitative estimate of drug-likeness (QED) is 0.889. The molecule has 0 aliphatic carbocycles. The summed E-state index contributed by atoms with van der Waals surface area (Å²) in [6, 6.07) is 13.2. The average Bonchev–Trinajstić information content (AvgIpc) is 2.47. The molecule has 0 saturated carbocycles. The van der Waals surface area contributed by atoms with Gasteiger partial charge in [-0.2, -0.15) is 0 Å². The second kappa shape index (κ2) is 7.40. The van der Waals surface area contributed by atoms with E-state index < -0.39 is 0 Å². The number of hydrogen-bond donors (Lipinski definition) is 1. The Hall–Kier alpha value is -2.40. The van der Waals surface area contributed by atoms with Crippen LogP contribution in [0.2, 0.25) is 0 Å². The molecule has 2 rings (SSSR count). The Morgan fingerprint density at radius 1 is 1.19 bits per heavy atom. The van der Waals surface area contributed by atoms with E-state index in [4.69, 9.17) is 9.47 Å². The van der Waals surface area contributed by atoms with E-state index in [1.165, 1.54) is 19.2 Å². The minimum Gasteiger partial charge on any atom is -0.489 e. The van der Waals surface area contributed by atoms with Crippen molar-refractivity contribution in [2.75, 3.05) is 19.0 Å². The van der Waals surface area contributed by atoms with Crippen LogP contribution in [-0.4, -0.2) is 19.6 Å². The molecule has 0 aliphatic heterocycles. The molecule has 0 aliphatic rings. The summed E-state index contributed by atoms with van der Waals surface area (Å²) in [7, 11) is 1.46. The number of hydrogen-bond acceptors (Lipinski definition) is 3.